The minimum atomic E-state index is -5.58. The Hall–Kier alpha value is -4.00. The summed E-state index contributed by atoms with van der Waals surface area (Å²) in [6.45, 7) is 2.55. The minimum Gasteiger partial charge on any atom is -0.386 e. The minimum absolute atomic E-state index is 0.0283. The van der Waals surface area contributed by atoms with Crippen LogP contribution in [0.15, 0.2) is 85.6 Å². The number of aromatic nitrogens is 4. The van der Waals surface area contributed by atoms with E-state index in [0.717, 1.165) is 61.1 Å². The maximum Gasteiger partial charge on any atom is 0.481 e. The summed E-state index contributed by atoms with van der Waals surface area (Å²) >= 11 is 1.02. The van der Waals surface area contributed by atoms with Crippen LogP contribution in [0.2, 0.25) is 0 Å². The molecule has 69 heavy (non-hydrogen) atoms. The largest absolute Gasteiger partial charge is 0.481 e. The number of ether oxygens (including phenoxy) is 1. The van der Waals surface area contributed by atoms with Crippen LogP contribution in [0.5, 0.6) is 0 Å². The molecule has 2 aromatic rings. The molecule has 0 saturated carbocycles. The van der Waals surface area contributed by atoms with E-state index in [4.69, 9.17) is 19.5 Å². The predicted octanol–water partition coefficient (Wildman–Crippen LogP) is 4.36. The number of hydrogen-bond donors (Lipinski definition) is 9. The third kappa shape index (κ3) is 22.3. The van der Waals surface area contributed by atoms with Crippen LogP contribution in [0.3, 0.4) is 0 Å². The Balaban J connectivity index is 1.32. The van der Waals surface area contributed by atoms with Gasteiger partial charge in [-0.1, -0.05) is 99.4 Å². The number of carbonyl (C=O) groups is 3. The zero-order chi connectivity index (χ0) is 51.1. The van der Waals surface area contributed by atoms with Gasteiger partial charge in [-0.15, -0.1) is 0 Å². The fourth-order valence-corrected chi connectivity index (χ4v) is 9.35. The number of allylic oxidation sites excluding steroid dienone is 11. The Labute approximate surface area is 403 Å². The molecule has 7 atom stereocenters. The quantitative estimate of drug-likeness (QED) is 0.0219. The van der Waals surface area contributed by atoms with Gasteiger partial charge < -0.3 is 50.9 Å². The molecule has 3 rings (SSSR count). The van der Waals surface area contributed by atoms with Crippen LogP contribution >= 0.6 is 35.2 Å². The lowest BCUT2D eigenvalue weighted by Crippen LogP contribution is -2.46. The SMILES string of the molecule is CC/C=C\C/C=C\C/C=C\C/C=C\C/C=C\C/C=C/C(=O)SCCNC(=O)CCNC(=O)[C@H](O)C(C)(C)COP(=O)(O)OP(=O)(O)OC[C@H]1O[C@@H](n2cnc3c(N)ncnc32)[C@H](O)[C@@H]1OP(=O)(O)O. The van der Waals surface area contributed by atoms with Crippen molar-refractivity contribution in [2.24, 2.45) is 5.41 Å². The lowest BCUT2D eigenvalue weighted by molar-refractivity contribution is -0.137. The highest BCUT2D eigenvalue weighted by molar-refractivity contribution is 8.14. The van der Waals surface area contributed by atoms with Crippen LogP contribution in [-0.4, -0.2) is 123 Å². The number of nitrogens with zero attached hydrogens (tertiary/aromatic N) is 4. The number of amides is 2. The molecule has 24 nitrogen and oxygen atoms in total. The summed E-state index contributed by atoms with van der Waals surface area (Å²) in [6, 6.07) is 0. The Kier molecular flexibility index (Phi) is 25.2. The molecule has 2 amide bonds. The summed E-state index contributed by atoms with van der Waals surface area (Å²) in [5.41, 5.74) is 4.26. The average molecular weight is 1050 g/mol. The van der Waals surface area contributed by atoms with Crippen LogP contribution in [0, 0.1) is 5.41 Å². The molecule has 10 N–H and O–H groups in total. The summed E-state index contributed by atoms with van der Waals surface area (Å²) in [6.07, 6.45) is 22.5. The van der Waals surface area contributed by atoms with Gasteiger partial charge in [0.25, 0.3) is 0 Å². The molecule has 1 aliphatic heterocycles. The second-order valence-corrected chi connectivity index (χ2v) is 20.9. The summed E-state index contributed by atoms with van der Waals surface area (Å²) in [4.78, 5) is 88.2. The number of carbonyl (C=O) groups excluding carboxylic acids is 3. The van der Waals surface area contributed by atoms with Crippen LogP contribution in [0.1, 0.15) is 71.9 Å². The molecule has 1 saturated heterocycles. The number of imidazole rings is 1. The normalized spacial score (nSPS) is 20.5. The average Bonchev–Trinajstić information content (AvgIpc) is 3.84. The van der Waals surface area contributed by atoms with Crippen molar-refractivity contribution in [3.63, 3.8) is 0 Å². The molecule has 0 radical (unpaired) electrons. The fourth-order valence-electron chi connectivity index (χ4n) is 5.92. The van der Waals surface area contributed by atoms with E-state index in [1.165, 1.54) is 19.9 Å². The summed E-state index contributed by atoms with van der Waals surface area (Å²) < 4.78 is 62.4. The Bertz CT molecular complexity index is 2320. The highest BCUT2D eigenvalue weighted by atomic mass is 32.2. The Morgan fingerprint density at radius 2 is 1.45 bits per heavy atom. The van der Waals surface area contributed by atoms with Gasteiger partial charge >= 0.3 is 23.5 Å². The molecule has 0 spiro atoms. The number of phosphoric acid groups is 3. The van der Waals surface area contributed by atoms with Crippen molar-refractivity contribution in [2.75, 3.05) is 37.8 Å². The number of nitrogen functional groups attached to an aromatic ring is 1. The van der Waals surface area contributed by atoms with Gasteiger partial charge in [0.15, 0.2) is 17.7 Å². The van der Waals surface area contributed by atoms with Gasteiger partial charge in [0.05, 0.1) is 19.5 Å². The number of anilines is 1. The van der Waals surface area contributed by atoms with E-state index in [1.807, 2.05) is 12.2 Å². The van der Waals surface area contributed by atoms with Gasteiger partial charge in [0.1, 0.15) is 36.3 Å². The predicted molar refractivity (Wildman–Crippen MR) is 255 cm³/mol. The van der Waals surface area contributed by atoms with Crippen LogP contribution in [0.25, 0.3) is 11.2 Å². The maximum absolute atomic E-state index is 12.7. The smallest absolute Gasteiger partial charge is 0.386 e. The first-order valence-corrected chi connectivity index (χ1v) is 27.0. The highest BCUT2D eigenvalue weighted by Gasteiger charge is 2.50. The van der Waals surface area contributed by atoms with E-state index in [0.29, 0.717) is 12.2 Å². The van der Waals surface area contributed by atoms with E-state index >= 15 is 0 Å². The zero-order valence-electron chi connectivity index (χ0n) is 38.2. The number of rotatable bonds is 31. The lowest BCUT2D eigenvalue weighted by Gasteiger charge is -2.30. The monoisotopic (exact) mass is 1050 g/mol. The number of aliphatic hydroxyl groups is 2. The molecule has 0 aliphatic carbocycles. The van der Waals surface area contributed by atoms with Gasteiger partial charge in [-0.2, -0.15) is 4.31 Å². The molecule has 2 aromatic heterocycles. The number of phosphoric ester groups is 3. The number of aliphatic hydroxyl groups excluding tert-OH is 2. The Morgan fingerprint density at radius 3 is 2.04 bits per heavy atom. The summed E-state index contributed by atoms with van der Waals surface area (Å²) in [5, 5.41) is 26.4. The van der Waals surface area contributed by atoms with Crippen molar-refractivity contribution in [2.45, 2.75) is 96.4 Å². The summed E-state index contributed by atoms with van der Waals surface area (Å²) in [7, 11) is -16.4. The van der Waals surface area contributed by atoms with Gasteiger partial charge in [-0.05, 0) is 44.6 Å². The van der Waals surface area contributed by atoms with Crippen LogP contribution in [-0.2, 0) is 50.7 Å². The molecular formula is C41H62N7O17P3S. The van der Waals surface area contributed by atoms with Gasteiger partial charge in [-0.3, -0.25) is 32.5 Å². The second kappa shape index (κ2) is 29.4. The third-order valence-corrected chi connectivity index (χ3v) is 13.4. The molecule has 2 unspecified atom stereocenters. The van der Waals surface area contributed by atoms with Gasteiger partial charge in [0, 0.05) is 30.7 Å². The number of hydrogen-bond acceptors (Lipinski definition) is 18. The highest BCUT2D eigenvalue weighted by Crippen LogP contribution is 2.61. The molecule has 0 bridgehead atoms. The summed E-state index contributed by atoms with van der Waals surface area (Å²) in [5.74, 6) is -1.17. The first kappa shape index (κ1) is 59.3. The lowest BCUT2D eigenvalue weighted by atomic mass is 9.87. The number of thioether (sulfide) groups is 1. The molecule has 0 aromatic carbocycles. The van der Waals surface area contributed by atoms with E-state index in [-0.39, 0.29) is 41.6 Å². The van der Waals surface area contributed by atoms with Crippen molar-refractivity contribution >= 4 is 69.1 Å². The van der Waals surface area contributed by atoms with Crippen LogP contribution < -0.4 is 16.4 Å². The van der Waals surface area contributed by atoms with E-state index in [9.17, 15) is 57.9 Å². The number of nitrogens with two attached hydrogens (primary N) is 1. The van der Waals surface area contributed by atoms with Crippen molar-refractivity contribution in [3.8, 4) is 0 Å². The van der Waals surface area contributed by atoms with Crippen LogP contribution in [0.4, 0.5) is 5.82 Å². The molecule has 384 valence electrons. The van der Waals surface area contributed by atoms with E-state index < -0.39 is 84.6 Å². The molecule has 1 fully saturated rings. The second-order valence-electron chi connectivity index (χ2n) is 15.6. The Morgan fingerprint density at radius 1 is 0.870 bits per heavy atom. The topological polar surface area (TPSA) is 364 Å². The molecule has 28 heteroatoms. The molecular weight excluding hydrogens is 987 g/mol. The third-order valence-electron chi connectivity index (χ3n) is 9.43. The fraction of sp³-hybridized carbons (Fsp3) is 0.512. The van der Waals surface area contributed by atoms with Crippen molar-refractivity contribution in [1.29, 1.82) is 0 Å². The number of fused-ring (bicyclic) bond motifs is 1. The van der Waals surface area contributed by atoms with E-state index in [1.54, 1.807) is 6.08 Å². The van der Waals surface area contributed by atoms with E-state index in [2.05, 4.69) is 90.0 Å². The maximum atomic E-state index is 12.7. The number of nitrogens with one attached hydrogen (secondary N) is 2. The first-order chi connectivity index (χ1) is 32.6. The zero-order valence-corrected chi connectivity index (χ0v) is 41.7. The van der Waals surface area contributed by atoms with Gasteiger partial charge in [-0.25, -0.2) is 28.6 Å². The van der Waals surface area contributed by atoms with Crippen molar-refractivity contribution in [1.82, 2.24) is 30.2 Å². The van der Waals surface area contributed by atoms with Gasteiger partial charge in [0.2, 0.25) is 16.9 Å². The first-order valence-electron chi connectivity index (χ1n) is 21.5. The molecule has 1 aliphatic rings. The standard InChI is InChI=1S/C41H62N7O17P3S/c1-4-5-6-7-8-9-10-11-12-13-14-15-16-17-18-19-20-21-32(50)69-25-24-43-31(49)22-23-44-39(53)36(52)41(2,3)27-62-68(59,60)65-67(57,58)61-26-30-35(64-66(54,55)56)34(51)40(63-30)48-29-47-33-37(42)45-28-46-38(33)48/h5-6,8-9,11-12,14-15,17-18,20-21,28-30,34-36,40,51-52H,4,7,10,13,16,19,22-27H2,1-3H3,(H,43,49)(H,44,53)(H,57,58)(H,59,60)(H2,42,45,46)(H2,54,55,56)/b6-5-,9-8-,12-11-,15-14-,18-17-,21-20+/t30-,34-,35-,36+,40-/m1/s1. The molecule has 3 heterocycles. The van der Waals surface area contributed by atoms with Crippen molar-refractivity contribution < 1.29 is 80.5 Å². The van der Waals surface area contributed by atoms with Crippen molar-refractivity contribution in [3.05, 3.63) is 85.6 Å².